The number of anilines is 1. The third-order valence-corrected chi connectivity index (χ3v) is 5.41. The van der Waals surface area contributed by atoms with E-state index in [4.69, 9.17) is 0 Å². The number of nitrogens with zero attached hydrogens (tertiary/aromatic N) is 2. The Morgan fingerprint density at radius 1 is 0.923 bits per heavy atom. The molecule has 2 heterocycles. The van der Waals surface area contributed by atoms with Crippen LogP contribution in [-0.2, 0) is 16.1 Å². The predicted molar refractivity (Wildman–Crippen MR) is 104 cm³/mol. The molecule has 2 saturated heterocycles. The molecule has 5 heteroatoms. The van der Waals surface area contributed by atoms with Crippen molar-refractivity contribution in [1.29, 1.82) is 0 Å². The van der Waals surface area contributed by atoms with Gasteiger partial charge >= 0.3 is 0 Å². The lowest BCUT2D eigenvalue weighted by Gasteiger charge is -2.24. The second-order valence-electron chi connectivity index (χ2n) is 7.45. The van der Waals surface area contributed by atoms with Crippen molar-refractivity contribution in [2.24, 2.45) is 0 Å². The number of carbonyl (C=O) groups excluding carboxylic acids is 2. The molecule has 0 unspecified atom stereocenters. The lowest BCUT2D eigenvalue weighted by Crippen LogP contribution is -2.32. The van der Waals surface area contributed by atoms with E-state index in [0.29, 0.717) is 19.4 Å². The van der Waals surface area contributed by atoms with Crippen LogP contribution in [0.5, 0.6) is 0 Å². The van der Waals surface area contributed by atoms with Gasteiger partial charge in [0.05, 0.1) is 0 Å². The van der Waals surface area contributed by atoms with Gasteiger partial charge in [0.1, 0.15) is 0 Å². The molecule has 1 aromatic rings. The van der Waals surface area contributed by atoms with E-state index in [1.54, 1.807) is 0 Å². The van der Waals surface area contributed by atoms with E-state index in [1.807, 2.05) is 29.2 Å². The van der Waals surface area contributed by atoms with Crippen LogP contribution in [0.1, 0.15) is 56.9 Å². The van der Waals surface area contributed by atoms with Crippen LogP contribution in [0.4, 0.5) is 5.69 Å². The molecule has 5 nitrogen and oxygen atoms in total. The summed E-state index contributed by atoms with van der Waals surface area (Å²) in [5.74, 6) is 0.320. The number of carbonyl (C=O) groups is 2. The summed E-state index contributed by atoms with van der Waals surface area (Å²) in [6.45, 7) is 4.48. The number of benzene rings is 1. The van der Waals surface area contributed by atoms with Crippen molar-refractivity contribution < 1.29 is 9.59 Å². The highest BCUT2D eigenvalue weighted by Crippen LogP contribution is 2.21. The number of likely N-dealkylation sites (tertiary alicyclic amines) is 1. The van der Waals surface area contributed by atoms with Crippen LogP contribution in [0.2, 0.25) is 0 Å². The highest BCUT2D eigenvalue weighted by atomic mass is 16.2. The summed E-state index contributed by atoms with van der Waals surface area (Å²) >= 11 is 0. The fourth-order valence-corrected chi connectivity index (χ4v) is 3.80. The van der Waals surface area contributed by atoms with Gasteiger partial charge in [0.15, 0.2) is 0 Å². The molecule has 142 valence electrons. The second-order valence-corrected chi connectivity index (χ2v) is 7.45. The maximum Gasteiger partial charge on any atom is 0.227 e. The van der Waals surface area contributed by atoms with E-state index >= 15 is 0 Å². The Hall–Kier alpha value is -1.88. The monoisotopic (exact) mass is 357 g/mol. The van der Waals surface area contributed by atoms with Crippen molar-refractivity contribution in [3.63, 3.8) is 0 Å². The molecule has 0 aliphatic carbocycles. The lowest BCUT2D eigenvalue weighted by molar-refractivity contribution is -0.121. The number of hydrogen-bond acceptors (Lipinski definition) is 3. The van der Waals surface area contributed by atoms with Crippen molar-refractivity contribution in [3.8, 4) is 0 Å². The first-order valence-electron chi connectivity index (χ1n) is 10.1. The molecule has 0 saturated carbocycles. The minimum atomic E-state index is 0.117. The number of amides is 2. The fraction of sp³-hybridized carbons (Fsp3) is 0.619. The van der Waals surface area contributed by atoms with Gasteiger partial charge in [-0.2, -0.15) is 0 Å². The topological polar surface area (TPSA) is 52.7 Å². The van der Waals surface area contributed by atoms with Gasteiger partial charge in [0.2, 0.25) is 11.8 Å². The number of hydrogen-bond donors (Lipinski definition) is 1. The van der Waals surface area contributed by atoms with Gasteiger partial charge in [-0.1, -0.05) is 31.4 Å². The van der Waals surface area contributed by atoms with Gasteiger partial charge in [-0.05, 0) is 50.0 Å². The minimum absolute atomic E-state index is 0.117. The summed E-state index contributed by atoms with van der Waals surface area (Å²) in [5, 5.41) is 3.02. The maximum absolute atomic E-state index is 12.1. The van der Waals surface area contributed by atoms with Crippen LogP contribution in [0.3, 0.4) is 0 Å². The highest BCUT2D eigenvalue weighted by molar-refractivity contribution is 5.95. The average Bonchev–Trinajstić information content (AvgIpc) is 3.05. The first-order chi connectivity index (χ1) is 12.7. The molecule has 0 bridgehead atoms. The molecule has 1 aromatic carbocycles. The van der Waals surface area contributed by atoms with E-state index in [-0.39, 0.29) is 11.8 Å². The SMILES string of the molecule is O=C(CCN1CCCCCCC1)NCc1ccc(N2CCCC2=O)cc1. The molecule has 0 spiro atoms. The highest BCUT2D eigenvalue weighted by Gasteiger charge is 2.21. The van der Waals surface area contributed by atoms with Crippen molar-refractivity contribution in [3.05, 3.63) is 29.8 Å². The molecule has 1 N–H and O–H groups in total. The molecule has 2 fully saturated rings. The van der Waals surface area contributed by atoms with Gasteiger partial charge < -0.3 is 15.1 Å². The van der Waals surface area contributed by atoms with Crippen LogP contribution in [-0.4, -0.2) is 42.9 Å². The van der Waals surface area contributed by atoms with Crippen LogP contribution < -0.4 is 10.2 Å². The Labute approximate surface area is 156 Å². The Kier molecular flexibility index (Phi) is 7.06. The Morgan fingerprint density at radius 2 is 1.62 bits per heavy atom. The summed E-state index contributed by atoms with van der Waals surface area (Å²) < 4.78 is 0. The summed E-state index contributed by atoms with van der Waals surface area (Å²) in [4.78, 5) is 28.2. The van der Waals surface area contributed by atoms with Crippen LogP contribution in [0.25, 0.3) is 0 Å². The second kappa shape index (κ2) is 9.72. The zero-order valence-electron chi connectivity index (χ0n) is 15.7. The molecular weight excluding hydrogens is 326 g/mol. The zero-order valence-corrected chi connectivity index (χ0v) is 15.7. The van der Waals surface area contributed by atoms with Crippen molar-refractivity contribution in [1.82, 2.24) is 10.2 Å². The molecule has 0 radical (unpaired) electrons. The number of rotatable bonds is 6. The molecular formula is C21H31N3O2. The molecule has 0 aromatic heterocycles. The van der Waals surface area contributed by atoms with E-state index in [9.17, 15) is 9.59 Å². The first kappa shape index (κ1) is 18.9. The molecule has 0 atom stereocenters. The summed E-state index contributed by atoms with van der Waals surface area (Å²) in [6.07, 6.45) is 8.67. The molecule has 3 rings (SSSR count). The van der Waals surface area contributed by atoms with Crippen LogP contribution in [0.15, 0.2) is 24.3 Å². The van der Waals surface area contributed by atoms with Crippen LogP contribution in [0, 0.1) is 0 Å². The van der Waals surface area contributed by atoms with Gasteiger partial charge in [-0.3, -0.25) is 9.59 Å². The smallest absolute Gasteiger partial charge is 0.227 e. The molecule has 2 aliphatic rings. The molecule has 2 amide bonds. The molecule has 26 heavy (non-hydrogen) atoms. The average molecular weight is 357 g/mol. The van der Waals surface area contributed by atoms with E-state index in [0.717, 1.165) is 43.9 Å². The largest absolute Gasteiger partial charge is 0.352 e. The summed E-state index contributed by atoms with van der Waals surface area (Å²) in [7, 11) is 0. The first-order valence-corrected chi connectivity index (χ1v) is 10.1. The summed E-state index contributed by atoms with van der Waals surface area (Å²) in [6, 6.07) is 7.95. The van der Waals surface area contributed by atoms with Gasteiger partial charge in [0, 0.05) is 38.2 Å². The Balaban J connectivity index is 1.39. The zero-order chi connectivity index (χ0) is 18.2. The van der Waals surface area contributed by atoms with Crippen LogP contribution >= 0.6 is 0 Å². The third-order valence-electron chi connectivity index (χ3n) is 5.41. The quantitative estimate of drug-likeness (QED) is 0.851. The number of nitrogens with one attached hydrogen (secondary N) is 1. The normalized spacial score (nSPS) is 19.2. The van der Waals surface area contributed by atoms with E-state index < -0.39 is 0 Å². The van der Waals surface area contributed by atoms with Crippen molar-refractivity contribution in [2.45, 2.75) is 57.9 Å². The third kappa shape index (κ3) is 5.56. The fourth-order valence-electron chi connectivity index (χ4n) is 3.80. The maximum atomic E-state index is 12.1. The molecule has 2 aliphatic heterocycles. The van der Waals surface area contributed by atoms with Crippen molar-refractivity contribution >= 4 is 17.5 Å². The lowest BCUT2D eigenvalue weighted by atomic mass is 10.1. The Bertz CT molecular complexity index is 592. The standard InChI is InChI=1S/C21H31N3O2/c25-20(12-16-23-13-4-2-1-3-5-14-23)22-17-18-8-10-19(11-9-18)24-15-6-7-21(24)26/h8-11H,1-7,12-17H2,(H,22,25). The van der Waals surface area contributed by atoms with Gasteiger partial charge in [-0.25, -0.2) is 0 Å². The Morgan fingerprint density at radius 3 is 2.27 bits per heavy atom. The minimum Gasteiger partial charge on any atom is -0.352 e. The van der Waals surface area contributed by atoms with Gasteiger partial charge in [-0.15, -0.1) is 0 Å². The predicted octanol–water partition coefficient (Wildman–Crippen LogP) is 3.09. The van der Waals surface area contributed by atoms with E-state index in [1.165, 1.54) is 32.1 Å². The van der Waals surface area contributed by atoms with Gasteiger partial charge in [0.25, 0.3) is 0 Å². The summed E-state index contributed by atoms with van der Waals surface area (Å²) in [5.41, 5.74) is 2.03. The van der Waals surface area contributed by atoms with Crippen molar-refractivity contribution in [2.75, 3.05) is 31.1 Å². The van der Waals surface area contributed by atoms with E-state index in [2.05, 4.69) is 10.2 Å².